The normalized spacial score (nSPS) is 12.4. The van der Waals surface area contributed by atoms with Gasteiger partial charge in [0.15, 0.2) is 0 Å². The van der Waals surface area contributed by atoms with E-state index < -0.39 is 0 Å². The average molecular weight is 337 g/mol. The van der Waals surface area contributed by atoms with E-state index in [0.29, 0.717) is 10.0 Å². The summed E-state index contributed by atoms with van der Waals surface area (Å²) in [6.07, 6.45) is 5.15. The summed E-state index contributed by atoms with van der Waals surface area (Å²) < 4.78 is 0. The molecule has 1 atom stereocenters. The maximum absolute atomic E-state index is 10.2. The molecule has 2 aromatic carbocycles. The molecule has 0 saturated carbocycles. The first-order valence-corrected chi connectivity index (χ1v) is 8.61. The van der Waals surface area contributed by atoms with Gasteiger partial charge >= 0.3 is 0 Å². The SMILES string of the molecule is CCCCCCC(O)c1ccc(-c2ccc(Cl)cc2Cl)cc1. The summed E-state index contributed by atoms with van der Waals surface area (Å²) in [5.41, 5.74) is 2.95. The molecule has 0 saturated heterocycles. The Bertz CT molecular complexity index is 593. The molecule has 0 aromatic heterocycles. The second kappa shape index (κ2) is 8.57. The Morgan fingerprint density at radius 1 is 0.955 bits per heavy atom. The highest BCUT2D eigenvalue weighted by molar-refractivity contribution is 6.36. The molecule has 0 aliphatic heterocycles. The predicted octanol–water partition coefficient (Wildman–Crippen LogP) is 6.66. The van der Waals surface area contributed by atoms with Crippen LogP contribution in [0.25, 0.3) is 11.1 Å². The molecule has 2 aromatic rings. The first-order chi connectivity index (χ1) is 10.6. The zero-order valence-corrected chi connectivity index (χ0v) is 14.4. The van der Waals surface area contributed by atoms with Crippen molar-refractivity contribution in [2.45, 2.75) is 45.1 Å². The molecule has 0 aliphatic rings. The molecule has 3 heteroatoms. The molecule has 118 valence electrons. The summed E-state index contributed by atoms with van der Waals surface area (Å²) in [4.78, 5) is 0. The number of benzene rings is 2. The van der Waals surface area contributed by atoms with Crippen LogP contribution in [0.5, 0.6) is 0 Å². The first-order valence-electron chi connectivity index (χ1n) is 7.85. The Morgan fingerprint density at radius 2 is 1.68 bits per heavy atom. The topological polar surface area (TPSA) is 20.2 Å². The summed E-state index contributed by atoms with van der Waals surface area (Å²) >= 11 is 12.2. The lowest BCUT2D eigenvalue weighted by molar-refractivity contribution is 0.163. The minimum atomic E-state index is -0.383. The highest BCUT2D eigenvalue weighted by Crippen LogP contribution is 2.31. The Morgan fingerprint density at radius 3 is 2.32 bits per heavy atom. The van der Waals surface area contributed by atoms with Gasteiger partial charge in [0.2, 0.25) is 0 Å². The van der Waals surface area contributed by atoms with E-state index in [1.54, 1.807) is 6.07 Å². The lowest BCUT2D eigenvalue weighted by atomic mass is 9.99. The van der Waals surface area contributed by atoms with Crippen LogP contribution in [0.15, 0.2) is 42.5 Å². The van der Waals surface area contributed by atoms with E-state index in [2.05, 4.69) is 6.92 Å². The van der Waals surface area contributed by atoms with Crippen LogP contribution >= 0.6 is 23.2 Å². The van der Waals surface area contributed by atoms with Gasteiger partial charge in [-0.15, -0.1) is 0 Å². The van der Waals surface area contributed by atoms with Crippen molar-refractivity contribution in [2.24, 2.45) is 0 Å². The molecule has 1 nitrogen and oxygen atoms in total. The second-order valence-corrected chi connectivity index (χ2v) is 6.45. The van der Waals surface area contributed by atoms with Gasteiger partial charge in [-0.2, -0.15) is 0 Å². The van der Waals surface area contributed by atoms with Crippen LogP contribution in [0.3, 0.4) is 0 Å². The minimum Gasteiger partial charge on any atom is -0.388 e. The van der Waals surface area contributed by atoms with Gasteiger partial charge in [-0.25, -0.2) is 0 Å². The summed E-state index contributed by atoms with van der Waals surface area (Å²) in [5, 5.41) is 11.5. The molecule has 1 N–H and O–H groups in total. The Hall–Kier alpha value is -1.02. The highest BCUT2D eigenvalue weighted by atomic mass is 35.5. The van der Waals surface area contributed by atoms with Crippen molar-refractivity contribution in [3.05, 3.63) is 58.1 Å². The van der Waals surface area contributed by atoms with Gasteiger partial charge in [0.25, 0.3) is 0 Å². The molecule has 0 heterocycles. The lowest BCUT2D eigenvalue weighted by Gasteiger charge is -2.12. The molecule has 2 rings (SSSR count). The van der Waals surface area contributed by atoms with Crippen molar-refractivity contribution in [3.63, 3.8) is 0 Å². The van der Waals surface area contributed by atoms with Crippen molar-refractivity contribution >= 4 is 23.2 Å². The summed E-state index contributed by atoms with van der Waals surface area (Å²) in [7, 11) is 0. The maximum atomic E-state index is 10.2. The Kier molecular flexibility index (Phi) is 6.75. The smallest absolute Gasteiger partial charge is 0.0790 e. The van der Waals surface area contributed by atoms with E-state index in [0.717, 1.165) is 29.5 Å². The standard InChI is InChI=1S/C19H22Cl2O/c1-2-3-4-5-6-19(22)15-9-7-14(8-10-15)17-12-11-16(20)13-18(17)21/h7-13,19,22H,2-6H2,1H3. The number of unbranched alkanes of at least 4 members (excludes halogenated alkanes) is 3. The van der Waals surface area contributed by atoms with Gasteiger partial charge in [0.1, 0.15) is 0 Å². The number of rotatable bonds is 7. The minimum absolute atomic E-state index is 0.383. The monoisotopic (exact) mass is 336 g/mol. The summed E-state index contributed by atoms with van der Waals surface area (Å²) in [6.45, 7) is 2.19. The van der Waals surface area contributed by atoms with Gasteiger partial charge < -0.3 is 5.11 Å². The van der Waals surface area contributed by atoms with E-state index in [9.17, 15) is 5.11 Å². The molecule has 0 aliphatic carbocycles. The Balaban J connectivity index is 2.03. The van der Waals surface area contributed by atoms with E-state index in [1.165, 1.54) is 19.3 Å². The number of hydrogen-bond acceptors (Lipinski definition) is 1. The highest BCUT2D eigenvalue weighted by Gasteiger charge is 2.09. The molecule has 0 spiro atoms. The first kappa shape index (κ1) is 17.3. The Labute approximate surface area is 142 Å². The maximum Gasteiger partial charge on any atom is 0.0790 e. The van der Waals surface area contributed by atoms with Crippen LogP contribution in [0.1, 0.15) is 50.7 Å². The third kappa shape index (κ3) is 4.74. The number of halogens is 2. The number of aliphatic hydroxyl groups excluding tert-OH is 1. The zero-order chi connectivity index (χ0) is 15.9. The van der Waals surface area contributed by atoms with Crippen molar-refractivity contribution in [1.29, 1.82) is 0 Å². The number of hydrogen-bond donors (Lipinski definition) is 1. The van der Waals surface area contributed by atoms with Crippen LogP contribution in [0.2, 0.25) is 10.0 Å². The quantitative estimate of drug-likeness (QED) is 0.560. The third-order valence-corrected chi connectivity index (χ3v) is 4.42. The zero-order valence-electron chi connectivity index (χ0n) is 12.9. The van der Waals surface area contributed by atoms with Crippen LogP contribution in [0, 0.1) is 0 Å². The molecule has 0 bridgehead atoms. The summed E-state index contributed by atoms with van der Waals surface area (Å²) in [6, 6.07) is 13.4. The van der Waals surface area contributed by atoms with E-state index >= 15 is 0 Å². The lowest BCUT2D eigenvalue weighted by Crippen LogP contribution is -1.97. The van der Waals surface area contributed by atoms with Gasteiger partial charge in [-0.1, -0.05) is 86.1 Å². The van der Waals surface area contributed by atoms with E-state index in [-0.39, 0.29) is 6.10 Å². The van der Waals surface area contributed by atoms with Crippen LogP contribution in [0.4, 0.5) is 0 Å². The van der Waals surface area contributed by atoms with Crippen molar-refractivity contribution < 1.29 is 5.11 Å². The molecule has 0 amide bonds. The van der Waals surface area contributed by atoms with Crippen molar-refractivity contribution in [1.82, 2.24) is 0 Å². The van der Waals surface area contributed by atoms with Crippen LogP contribution in [-0.2, 0) is 0 Å². The molecule has 0 radical (unpaired) electrons. The summed E-state index contributed by atoms with van der Waals surface area (Å²) in [5.74, 6) is 0. The van der Waals surface area contributed by atoms with Crippen molar-refractivity contribution in [3.8, 4) is 11.1 Å². The van der Waals surface area contributed by atoms with Gasteiger partial charge in [-0.05, 0) is 29.7 Å². The molecule has 0 fully saturated rings. The fourth-order valence-electron chi connectivity index (χ4n) is 2.54. The molecular weight excluding hydrogens is 315 g/mol. The average Bonchev–Trinajstić information content (AvgIpc) is 2.52. The van der Waals surface area contributed by atoms with Crippen molar-refractivity contribution in [2.75, 3.05) is 0 Å². The van der Waals surface area contributed by atoms with Crippen LogP contribution < -0.4 is 0 Å². The fraction of sp³-hybridized carbons (Fsp3) is 0.368. The van der Waals surface area contributed by atoms with Crippen LogP contribution in [-0.4, -0.2) is 5.11 Å². The predicted molar refractivity (Wildman–Crippen MR) is 95.6 cm³/mol. The molecular formula is C19H22Cl2O. The van der Waals surface area contributed by atoms with Gasteiger partial charge in [0.05, 0.1) is 6.10 Å². The largest absolute Gasteiger partial charge is 0.388 e. The number of aliphatic hydroxyl groups is 1. The molecule has 22 heavy (non-hydrogen) atoms. The fourth-order valence-corrected chi connectivity index (χ4v) is 3.06. The van der Waals surface area contributed by atoms with Gasteiger partial charge in [-0.3, -0.25) is 0 Å². The third-order valence-electron chi connectivity index (χ3n) is 3.87. The van der Waals surface area contributed by atoms with E-state index in [4.69, 9.17) is 23.2 Å². The second-order valence-electron chi connectivity index (χ2n) is 5.61. The van der Waals surface area contributed by atoms with Gasteiger partial charge in [0, 0.05) is 15.6 Å². The molecule has 1 unspecified atom stereocenters. The van der Waals surface area contributed by atoms with E-state index in [1.807, 2.05) is 36.4 Å².